The standard InChI is InChI=1S/C22H15N5O10/c1-35-21(29)18-6-4-14(36-18)11-25-20(28)15(24-22(25)30)8-12-2-5-17(16(9-12)27(33)34)37-19-7-3-13(10-23-19)26(31)32/h2-10H,11H2,1H3,(H,24,30)/b15-8-. The van der Waals surface area contributed by atoms with Crippen molar-refractivity contribution >= 4 is 35.4 Å². The first-order valence-corrected chi connectivity index (χ1v) is 10.2. The molecular weight excluding hydrogens is 494 g/mol. The highest BCUT2D eigenvalue weighted by atomic mass is 16.6. The monoisotopic (exact) mass is 509 g/mol. The number of nitrogens with one attached hydrogen (secondary N) is 1. The Morgan fingerprint density at radius 2 is 1.92 bits per heavy atom. The van der Waals surface area contributed by atoms with E-state index in [-0.39, 0.29) is 46.6 Å². The van der Waals surface area contributed by atoms with E-state index in [4.69, 9.17) is 9.15 Å². The molecule has 0 aliphatic carbocycles. The van der Waals surface area contributed by atoms with Crippen molar-refractivity contribution in [2.75, 3.05) is 7.11 Å². The van der Waals surface area contributed by atoms with Crippen molar-refractivity contribution < 1.29 is 38.1 Å². The van der Waals surface area contributed by atoms with Crippen LogP contribution in [0.15, 0.2) is 58.8 Å². The maximum absolute atomic E-state index is 12.8. The van der Waals surface area contributed by atoms with Crippen LogP contribution in [0.3, 0.4) is 0 Å². The minimum Gasteiger partial charge on any atom is -0.463 e. The van der Waals surface area contributed by atoms with Gasteiger partial charge in [0.2, 0.25) is 17.4 Å². The van der Waals surface area contributed by atoms with Crippen molar-refractivity contribution in [3.63, 3.8) is 0 Å². The average molecular weight is 509 g/mol. The summed E-state index contributed by atoms with van der Waals surface area (Å²) in [7, 11) is 1.18. The SMILES string of the molecule is COC(=O)c1ccc(CN2C(=O)N/C(=C\c3ccc(Oc4ccc([N+](=O)[O-])cn4)c([N+](=O)[O-])c3)C2=O)o1. The minimum absolute atomic E-state index is 0.0983. The third-order valence-electron chi connectivity index (χ3n) is 4.96. The highest BCUT2D eigenvalue weighted by Gasteiger charge is 2.34. The van der Waals surface area contributed by atoms with Gasteiger partial charge in [0, 0.05) is 18.2 Å². The molecule has 3 heterocycles. The molecule has 0 atom stereocenters. The van der Waals surface area contributed by atoms with Crippen molar-refractivity contribution in [1.29, 1.82) is 0 Å². The zero-order valence-electron chi connectivity index (χ0n) is 18.8. The molecule has 0 bridgehead atoms. The van der Waals surface area contributed by atoms with E-state index in [2.05, 4.69) is 15.0 Å². The van der Waals surface area contributed by atoms with Gasteiger partial charge in [0.15, 0.2) is 0 Å². The molecule has 0 saturated carbocycles. The second-order valence-electron chi connectivity index (χ2n) is 7.34. The van der Waals surface area contributed by atoms with Gasteiger partial charge in [-0.2, -0.15) is 0 Å². The Morgan fingerprint density at radius 3 is 2.57 bits per heavy atom. The minimum atomic E-state index is -0.758. The van der Waals surface area contributed by atoms with Crippen molar-refractivity contribution in [3.05, 3.63) is 91.7 Å². The van der Waals surface area contributed by atoms with E-state index in [1.165, 1.54) is 43.5 Å². The molecule has 3 aromatic rings. The number of pyridine rings is 1. The Balaban J connectivity index is 1.53. The normalized spacial score (nSPS) is 14.0. The van der Waals surface area contributed by atoms with Gasteiger partial charge >= 0.3 is 17.7 Å². The molecule has 1 fully saturated rings. The van der Waals surface area contributed by atoms with Gasteiger partial charge in [-0.15, -0.1) is 0 Å². The number of aromatic nitrogens is 1. The number of carbonyl (C=O) groups excluding carboxylic acids is 3. The van der Waals surface area contributed by atoms with Gasteiger partial charge in [-0.05, 0) is 29.8 Å². The molecule has 0 radical (unpaired) electrons. The predicted molar refractivity (Wildman–Crippen MR) is 121 cm³/mol. The van der Waals surface area contributed by atoms with E-state index in [9.17, 15) is 34.6 Å². The van der Waals surface area contributed by atoms with Crippen molar-refractivity contribution in [3.8, 4) is 11.6 Å². The fraction of sp³-hybridized carbons (Fsp3) is 0.0909. The quantitative estimate of drug-likeness (QED) is 0.154. The highest BCUT2D eigenvalue weighted by Crippen LogP contribution is 2.32. The molecular formula is C22H15N5O10. The Hall–Kier alpha value is -5.60. The Labute approximate surface area is 206 Å². The van der Waals surface area contributed by atoms with Gasteiger partial charge in [-0.25, -0.2) is 14.6 Å². The third kappa shape index (κ3) is 5.24. The van der Waals surface area contributed by atoms with Gasteiger partial charge < -0.3 is 19.2 Å². The van der Waals surface area contributed by atoms with E-state index in [1.54, 1.807) is 0 Å². The number of carbonyl (C=O) groups is 3. The maximum Gasteiger partial charge on any atom is 0.373 e. The fourth-order valence-corrected chi connectivity index (χ4v) is 3.22. The number of furan rings is 1. The predicted octanol–water partition coefficient (Wildman–Crippen LogP) is 3.16. The summed E-state index contributed by atoms with van der Waals surface area (Å²) in [6, 6.07) is 8.08. The molecule has 1 aliphatic heterocycles. The number of amides is 3. The van der Waals surface area contributed by atoms with Gasteiger partial charge in [-0.1, -0.05) is 6.07 Å². The topological polar surface area (TPSA) is 197 Å². The van der Waals surface area contributed by atoms with E-state index >= 15 is 0 Å². The summed E-state index contributed by atoms with van der Waals surface area (Å²) in [6.07, 6.45) is 2.18. The number of rotatable bonds is 8. The molecule has 188 valence electrons. The van der Waals surface area contributed by atoms with Gasteiger partial charge in [0.1, 0.15) is 17.7 Å². The van der Waals surface area contributed by atoms with E-state index < -0.39 is 33.4 Å². The number of hydrogen-bond acceptors (Lipinski definition) is 11. The number of methoxy groups -OCH3 is 1. The zero-order valence-corrected chi connectivity index (χ0v) is 18.8. The van der Waals surface area contributed by atoms with Gasteiger partial charge in [0.25, 0.3) is 11.6 Å². The molecule has 0 spiro atoms. The summed E-state index contributed by atoms with van der Waals surface area (Å²) in [5.74, 6) is -1.69. The number of ether oxygens (including phenoxy) is 2. The third-order valence-corrected chi connectivity index (χ3v) is 4.96. The Morgan fingerprint density at radius 1 is 1.14 bits per heavy atom. The summed E-state index contributed by atoms with van der Waals surface area (Å²) >= 11 is 0. The number of nitrogens with zero attached hydrogens (tertiary/aromatic N) is 4. The number of hydrogen-bond donors (Lipinski definition) is 1. The maximum atomic E-state index is 12.8. The Kier molecular flexibility index (Phi) is 6.59. The summed E-state index contributed by atoms with van der Waals surface area (Å²) in [4.78, 5) is 62.1. The van der Waals surface area contributed by atoms with Crippen LogP contribution in [0, 0.1) is 20.2 Å². The lowest BCUT2D eigenvalue weighted by molar-refractivity contribution is -0.385. The van der Waals surface area contributed by atoms with Crippen LogP contribution in [-0.4, -0.2) is 44.7 Å². The van der Waals surface area contributed by atoms with Gasteiger partial charge in [-0.3, -0.25) is 29.9 Å². The van der Waals surface area contributed by atoms with Crippen molar-refractivity contribution in [2.45, 2.75) is 6.54 Å². The molecule has 1 N–H and O–H groups in total. The molecule has 0 unspecified atom stereocenters. The fourth-order valence-electron chi connectivity index (χ4n) is 3.22. The number of esters is 1. The summed E-state index contributed by atoms with van der Waals surface area (Å²) in [5, 5.41) is 24.7. The van der Waals surface area contributed by atoms with E-state index in [0.717, 1.165) is 23.2 Å². The molecule has 37 heavy (non-hydrogen) atoms. The first-order valence-electron chi connectivity index (χ1n) is 10.2. The lowest BCUT2D eigenvalue weighted by Crippen LogP contribution is -2.30. The smallest absolute Gasteiger partial charge is 0.373 e. The van der Waals surface area contributed by atoms with Crippen LogP contribution in [0.4, 0.5) is 16.2 Å². The lowest BCUT2D eigenvalue weighted by atomic mass is 10.1. The lowest BCUT2D eigenvalue weighted by Gasteiger charge is -2.09. The molecule has 1 aliphatic rings. The van der Waals surface area contributed by atoms with Crippen molar-refractivity contribution in [1.82, 2.24) is 15.2 Å². The Bertz CT molecular complexity index is 1460. The van der Waals surface area contributed by atoms with Crippen LogP contribution in [-0.2, 0) is 16.1 Å². The second kappa shape index (κ2) is 9.95. The number of urea groups is 1. The van der Waals surface area contributed by atoms with Gasteiger partial charge in [0.05, 0.1) is 23.5 Å². The molecule has 1 saturated heterocycles. The molecule has 4 rings (SSSR count). The van der Waals surface area contributed by atoms with Crippen LogP contribution in [0.1, 0.15) is 21.9 Å². The molecule has 1 aromatic carbocycles. The number of nitro groups is 2. The first kappa shape index (κ1) is 24.5. The number of nitro benzene ring substituents is 1. The molecule has 3 amide bonds. The van der Waals surface area contributed by atoms with Crippen LogP contribution in [0.5, 0.6) is 11.6 Å². The second-order valence-corrected chi connectivity index (χ2v) is 7.34. The first-order chi connectivity index (χ1) is 17.7. The number of imide groups is 1. The highest BCUT2D eigenvalue weighted by molar-refractivity contribution is 6.13. The molecule has 15 heteroatoms. The summed E-state index contributed by atoms with van der Waals surface area (Å²) < 4.78 is 15.2. The molecule has 15 nitrogen and oxygen atoms in total. The largest absolute Gasteiger partial charge is 0.463 e. The van der Waals surface area contributed by atoms with Crippen LogP contribution >= 0.6 is 0 Å². The van der Waals surface area contributed by atoms with Crippen molar-refractivity contribution in [2.24, 2.45) is 0 Å². The summed E-state index contributed by atoms with van der Waals surface area (Å²) in [6.45, 7) is -0.270. The molecule has 2 aromatic heterocycles. The van der Waals surface area contributed by atoms with E-state index in [0.29, 0.717) is 0 Å². The average Bonchev–Trinajstić information content (AvgIpc) is 3.45. The van der Waals surface area contributed by atoms with E-state index in [1.807, 2.05) is 0 Å². The van der Waals surface area contributed by atoms with Crippen LogP contribution in [0.2, 0.25) is 0 Å². The van der Waals surface area contributed by atoms with Crippen LogP contribution in [0.25, 0.3) is 6.08 Å². The summed E-state index contributed by atoms with van der Waals surface area (Å²) in [5.41, 5.74) is -0.705. The van der Waals surface area contributed by atoms with Crippen LogP contribution < -0.4 is 10.1 Å². The number of benzene rings is 1. The zero-order chi connectivity index (χ0) is 26.7.